The van der Waals surface area contributed by atoms with E-state index in [4.69, 9.17) is 0 Å². The summed E-state index contributed by atoms with van der Waals surface area (Å²) >= 11 is 1.68. The Morgan fingerprint density at radius 2 is 2.21 bits per heavy atom. The number of benzene rings is 1. The quantitative estimate of drug-likeness (QED) is 0.599. The second-order valence-corrected chi connectivity index (χ2v) is 6.98. The summed E-state index contributed by atoms with van der Waals surface area (Å²) in [6.07, 6.45) is 8.76. The molecule has 3 heterocycles. The van der Waals surface area contributed by atoms with Crippen molar-refractivity contribution < 1.29 is 0 Å². The number of nitrogens with zero attached hydrogens (tertiary/aromatic N) is 4. The number of hydrogen-bond donors (Lipinski definition) is 1. The number of rotatable bonds is 5. The molecule has 6 heteroatoms. The lowest BCUT2D eigenvalue weighted by Crippen LogP contribution is -1.90. The van der Waals surface area contributed by atoms with Crippen LogP contribution in [0.15, 0.2) is 36.1 Å². The van der Waals surface area contributed by atoms with Crippen LogP contribution >= 0.6 is 11.3 Å². The molecule has 0 spiro atoms. The van der Waals surface area contributed by atoms with Crippen LogP contribution in [0.25, 0.3) is 22.0 Å². The minimum atomic E-state index is 0.788. The number of aryl methyl sites for hydroxylation is 2. The monoisotopic (exact) mass is 337 g/mol. The van der Waals surface area contributed by atoms with E-state index in [1.54, 1.807) is 11.3 Å². The summed E-state index contributed by atoms with van der Waals surface area (Å²) < 4.78 is 1.83. The molecule has 4 rings (SSSR count). The summed E-state index contributed by atoms with van der Waals surface area (Å²) in [5.74, 6) is 0. The minimum absolute atomic E-state index is 0.788. The molecule has 24 heavy (non-hydrogen) atoms. The van der Waals surface area contributed by atoms with E-state index in [-0.39, 0.29) is 0 Å². The molecular formula is C18H19N5S. The van der Waals surface area contributed by atoms with Crippen LogP contribution in [0.5, 0.6) is 0 Å². The van der Waals surface area contributed by atoms with Crippen LogP contribution in [0, 0.1) is 0 Å². The highest BCUT2D eigenvalue weighted by Gasteiger charge is 2.15. The van der Waals surface area contributed by atoms with Crippen LogP contribution in [-0.2, 0) is 19.9 Å². The average molecular weight is 337 g/mol. The van der Waals surface area contributed by atoms with Gasteiger partial charge in [0.05, 0.1) is 11.2 Å². The first-order valence-electron chi connectivity index (χ1n) is 8.12. The van der Waals surface area contributed by atoms with Gasteiger partial charge in [-0.15, -0.1) is 11.3 Å². The van der Waals surface area contributed by atoms with Crippen molar-refractivity contribution in [2.75, 3.05) is 0 Å². The molecule has 5 nitrogen and oxygen atoms in total. The van der Waals surface area contributed by atoms with Gasteiger partial charge in [-0.25, -0.2) is 4.98 Å². The van der Waals surface area contributed by atoms with Crippen LogP contribution in [0.2, 0.25) is 0 Å². The Bertz CT molecular complexity index is 965. The maximum atomic E-state index is 4.60. The Morgan fingerprint density at radius 1 is 1.29 bits per heavy atom. The lowest BCUT2D eigenvalue weighted by molar-refractivity contribution is 0.768. The highest BCUT2D eigenvalue weighted by atomic mass is 32.1. The Hall–Kier alpha value is -2.47. The Kier molecular flexibility index (Phi) is 3.90. The molecule has 0 fully saturated rings. The van der Waals surface area contributed by atoms with Crippen molar-refractivity contribution in [2.45, 2.75) is 26.2 Å². The maximum absolute atomic E-state index is 4.60. The fourth-order valence-corrected chi connectivity index (χ4v) is 3.70. The zero-order chi connectivity index (χ0) is 16.5. The second kappa shape index (κ2) is 6.20. The third kappa shape index (κ3) is 2.73. The van der Waals surface area contributed by atoms with Crippen molar-refractivity contribution in [2.24, 2.45) is 7.05 Å². The molecule has 1 aromatic carbocycles. The molecule has 3 aromatic heterocycles. The summed E-state index contributed by atoms with van der Waals surface area (Å²) in [5.41, 5.74) is 5.72. The second-order valence-electron chi connectivity index (χ2n) is 6.00. The summed E-state index contributed by atoms with van der Waals surface area (Å²) in [6, 6.07) is 4.52. The topological polar surface area (TPSA) is 59.4 Å². The molecule has 0 aliphatic carbocycles. The predicted octanol–water partition coefficient (Wildman–Crippen LogP) is 3.96. The molecule has 0 unspecified atom stereocenters. The lowest BCUT2D eigenvalue weighted by Gasteiger charge is -2.05. The minimum Gasteiger partial charge on any atom is -0.281 e. The summed E-state index contributed by atoms with van der Waals surface area (Å²) in [7, 11) is 1.94. The Labute approximate surface area is 144 Å². The molecular weight excluding hydrogens is 318 g/mol. The number of aromatic nitrogens is 5. The van der Waals surface area contributed by atoms with Gasteiger partial charge in [-0.3, -0.25) is 9.78 Å². The number of fused-ring (bicyclic) bond motifs is 1. The highest BCUT2D eigenvalue weighted by Crippen LogP contribution is 2.31. The third-order valence-corrected chi connectivity index (χ3v) is 4.94. The van der Waals surface area contributed by atoms with Crippen LogP contribution in [-0.4, -0.2) is 25.0 Å². The number of H-pyrrole nitrogens is 1. The zero-order valence-corrected chi connectivity index (χ0v) is 14.6. The molecule has 0 bridgehead atoms. The van der Waals surface area contributed by atoms with E-state index in [2.05, 4.69) is 39.3 Å². The van der Waals surface area contributed by atoms with Crippen LogP contribution in [0.3, 0.4) is 0 Å². The molecule has 1 N–H and O–H groups in total. The molecule has 0 atom stereocenters. The van der Waals surface area contributed by atoms with E-state index in [0.29, 0.717) is 0 Å². The zero-order valence-electron chi connectivity index (χ0n) is 13.8. The largest absolute Gasteiger partial charge is 0.281 e. The van der Waals surface area contributed by atoms with Crippen LogP contribution < -0.4 is 0 Å². The van der Waals surface area contributed by atoms with E-state index < -0.39 is 0 Å². The summed E-state index contributed by atoms with van der Waals surface area (Å²) in [4.78, 5) is 4.40. The molecule has 0 aliphatic heterocycles. The van der Waals surface area contributed by atoms with Crippen molar-refractivity contribution in [1.29, 1.82) is 0 Å². The van der Waals surface area contributed by atoms with Gasteiger partial charge in [-0.1, -0.05) is 13.3 Å². The SMILES string of the molecule is CCCc1cc(-c2cnn(C)c2)c2n[nH]c(Cc3nccs3)c2c1. The van der Waals surface area contributed by atoms with E-state index in [9.17, 15) is 0 Å². The Morgan fingerprint density at radius 3 is 2.92 bits per heavy atom. The van der Waals surface area contributed by atoms with Gasteiger partial charge in [0, 0.05) is 53.4 Å². The van der Waals surface area contributed by atoms with Crippen LogP contribution in [0.1, 0.15) is 29.6 Å². The van der Waals surface area contributed by atoms with E-state index in [0.717, 1.165) is 46.6 Å². The molecule has 122 valence electrons. The summed E-state index contributed by atoms with van der Waals surface area (Å²) in [5, 5.41) is 16.4. The smallest absolute Gasteiger partial charge is 0.100 e. The molecule has 0 radical (unpaired) electrons. The van der Waals surface area contributed by atoms with Gasteiger partial charge in [0.25, 0.3) is 0 Å². The van der Waals surface area contributed by atoms with E-state index in [1.807, 2.05) is 35.7 Å². The first-order chi connectivity index (χ1) is 11.7. The van der Waals surface area contributed by atoms with Gasteiger partial charge in [0.15, 0.2) is 0 Å². The molecule has 0 saturated carbocycles. The van der Waals surface area contributed by atoms with E-state index in [1.165, 1.54) is 10.9 Å². The average Bonchev–Trinajstić information content (AvgIpc) is 3.30. The number of aromatic amines is 1. The van der Waals surface area contributed by atoms with Crippen molar-refractivity contribution in [3.05, 3.63) is 52.4 Å². The van der Waals surface area contributed by atoms with Gasteiger partial charge >= 0.3 is 0 Å². The molecule has 0 saturated heterocycles. The first-order valence-corrected chi connectivity index (χ1v) is 9.00. The first kappa shape index (κ1) is 15.1. The van der Waals surface area contributed by atoms with Gasteiger partial charge in [0.2, 0.25) is 0 Å². The normalized spacial score (nSPS) is 11.4. The molecule has 0 amide bonds. The Balaban J connectivity index is 1.87. The van der Waals surface area contributed by atoms with Gasteiger partial charge in [0.1, 0.15) is 5.52 Å². The number of thiazole rings is 1. The van der Waals surface area contributed by atoms with Crippen molar-refractivity contribution >= 4 is 22.2 Å². The van der Waals surface area contributed by atoms with Gasteiger partial charge < -0.3 is 0 Å². The molecule has 0 aliphatic rings. The summed E-state index contributed by atoms with van der Waals surface area (Å²) in [6.45, 7) is 2.21. The maximum Gasteiger partial charge on any atom is 0.100 e. The highest BCUT2D eigenvalue weighted by molar-refractivity contribution is 7.09. The fraction of sp³-hybridized carbons (Fsp3) is 0.278. The van der Waals surface area contributed by atoms with E-state index >= 15 is 0 Å². The molecule has 4 aromatic rings. The number of hydrogen-bond acceptors (Lipinski definition) is 4. The number of nitrogens with one attached hydrogen (secondary N) is 1. The van der Waals surface area contributed by atoms with Crippen molar-refractivity contribution in [3.63, 3.8) is 0 Å². The lowest BCUT2D eigenvalue weighted by atomic mass is 9.98. The predicted molar refractivity (Wildman–Crippen MR) is 97.2 cm³/mol. The van der Waals surface area contributed by atoms with Crippen LogP contribution in [0.4, 0.5) is 0 Å². The van der Waals surface area contributed by atoms with Crippen molar-refractivity contribution in [3.8, 4) is 11.1 Å². The standard InChI is InChI=1S/C18H19N5S/c1-3-4-12-7-14(13-10-20-23(2)11-13)18-15(8-12)16(21-22-18)9-17-19-5-6-24-17/h5-8,10-11H,3-4,9H2,1-2H3,(H,21,22). The van der Waals surface area contributed by atoms with Gasteiger partial charge in [-0.05, 0) is 24.1 Å². The fourth-order valence-electron chi connectivity index (χ4n) is 3.07. The van der Waals surface area contributed by atoms with Crippen molar-refractivity contribution in [1.82, 2.24) is 25.0 Å². The third-order valence-electron chi connectivity index (χ3n) is 4.16. The van der Waals surface area contributed by atoms with Gasteiger partial charge in [-0.2, -0.15) is 10.2 Å².